The Morgan fingerprint density at radius 2 is 1.93 bits per heavy atom. The molecule has 0 spiro atoms. The molecule has 2 fully saturated rings. The number of benzene rings is 1. The SMILES string of the molecule is CN=C(NCc1ccccc1COC)N1CCC(OCC2CCCCO2)CC1.I. The van der Waals surface area contributed by atoms with Crippen molar-refractivity contribution in [2.75, 3.05) is 40.5 Å². The van der Waals surface area contributed by atoms with Crippen LogP contribution in [-0.2, 0) is 27.4 Å². The number of hydrogen-bond donors (Lipinski definition) is 1. The van der Waals surface area contributed by atoms with Crippen LogP contribution in [0.25, 0.3) is 0 Å². The van der Waals surface area contributed by atoms with Crippen molar-refractivity contribution in [1.29, 1.82) is 0 Å². The lowest BCUT2D eigenvalue weighted by molar-refractivity contribution is -0.0721. The second kappa shape index (κ2) is 13.4. The lowest BCUT2D eigenvalue weighted by Gasteiger charge is -2.35. The second-order valence-electron chi connectivity index (χ2n) is 7.61. The number of likely N-dealkylation sites (tertiary alicyclic amines) is 1. The van der Waals surface area contributed by atoms with Gasteiger partial charge < -0.3 is 24.4 Å². The molecule has 2 saturated heterocycles. The van der Waals surface area contributed by atoms with Gasteiger partial charge in [-0.05, 0) is 43.2 Å². The molecular formula is C22H36IN3O3. The standard InChI is InChI=1S/C22H35N3O3.HI/c1-23-22(24-15-18-7-3-4-8-19(18)16-26-2)25-12-10-20(11-13-25)28-17-21-9-5-6-14-27-21;/h3-4,7-8,20-21H,5-6,9-17H2,1-2H3,(H,23,24);1H. The first-order valence-electron chi connectivity index (χ1n) is 10.5. The highest BCUT2D eigenvalue weighted by Crippen LogP contribution is 2.18. The highest BCUT2D eigenvalue weighted by molar-refractivity contribution is 14.0. The zero-order chi connectivity index (χ0) is 19.6. The number of aliphatic imine (C=N–C) groups is 1. The molecule has 3 rings (SSSR count). The van der Waals surface area contributed by atoms with Crippen LogP contribution in [0, 0.1) is 0 Å². The highest BCUT2D eigenvalue weighted by atomic mass is 127. The molecule has 0 bridgehead atoms. The van der Waals surface area contributed by atoms with E-state index in [1.165, 1.54) is 24.0 Å². The molecule has 2 aliphatic heterocycles. The van der Waals surface area contributed by atoms with Gasteiger partial charge in [-0.15, -0.1) is 24.0 Å². The Morgan fingerprint density at radius 3 is 2.59 bits per heavy atom. The van der Waals surface area contributed by atoms with Gasteiger partial charge in [0.05, 0.1) is 25.4 Å². The number of nitrogens with zero attached hydrogens (tertiary/aromatic N) is 2. The van der Waals surface area contributed by atoms with Gasteiger partial charge >= 0.3 is 0 Å². The van der Waals surface area contributed by atoms with E-state index in [4.69, 9.17) is 14.2 Å². The summed E-state index contributed by atoms with van der Waals surface area (Å²) in [7, 11) is 3.59. The van der Waals surface area contributed by atoms with Crippen LogP contribution < -0.4 is 5.32 Å². The molecule has 1 aromatic carbocycles. The van der Waals surface area contributed by atoms with E-state index in [9.17, 15) is 0 Å². The minimum Gasteiger partial charge on any atom is -0.380 e. The molecule has 0 amide bonds. The molecule has 0 aromatic heterocycles. The number of methoxy groups -OCH3 is 1. The summed E-state index contributed by atoms with van der Waals surface area (Å²) in [6.45, 7) is 4.95. The summed E-state index contributed by atoms with van der Waals surface area (Å²) in [4.78, 5) is 6.82. The predicted octanol–water partition coefficient (Wildman–Crippen LogP) is 3.58. The minimum atomic E-state index is 0. The largest absolute Gasteiger partial charge is 0.380 e. The fraction of sp³-hybridized carbons (Fsp3) is 0.682. The number of piperidine rings is 1. The average molecular weight is 517 g/mol. The quantitative estimate of drug-likeness (QED) is 0.341. The van der Waals surface area contributed by atoms with Gasteiger partial charge in [0.25, 0.3) is 0 Å². The van der Waals surface area contributed by atoms with Gasteiger partial charge in [-0.3, -0.25) is 4.99 Å². The van der Waals surface area contributed by atoms with Crippen LogP contribution in [0.3, 0.4) is 0 Å². The van der Waals surface area contributed by atoms with Crippen molar-refractivity contribution >= 4 is 29.9 Å². The van der Waals surface area contributed by atoms with Crippen LogP contribution in [0.2, 0.25) is 0 Å². The van der Waals surface area contributed by atoms with E-state index in [-0.39, 0.29) is 24.0 Å². The first kappa shape index (κ1) is 24.4. The molecule has 29 heavy (non-hydrogen) atoms. The second-order valence-corrected chi connectivity index (χ2v) is 7.61. The Hall–Kier alpha value is -0.900. The van der Waals surface area contributed by atoms with E-state index in [2.05, 4.69) is 39.5 Å². The molecule has 0 saturated carbocycles. The molecule has 7 heteroatoms. The van der Waals surface area contributed by atoms with E-state index >= 15 is 0 Å². The lowest BCUT2D eigenvalue weighted by Crippen LogP contribution is -2.47. The Morgan fingerprint density at radius 1 is 1.17 bits per heavy atom. The molecule has 2 heterocycles. The lowest BCUT2D eigenvalue weighted by atomic mass is 10.1. The number of ether oxygens (including phenoxy) is 3. The monoisotopic (exact) mass is 517 g/mol. The van der Waals surface area contributed by atoms with Crippen molar-refractivity contribution in [1.82, 2.24) is 10.2 Å². The summed E-state index contributed by atoms with van der Waals surface area (Å²) in [5, 5.41) is 3.51. The molecule has 0 radical (unpaired) electrons. The topological polar surface area (TPSA) is 55.3 Å². The Labute approximate surface area is 192 Å². The highest BCUT2D eigenvalue weighted by Gasteiger charge is 2.23. The smallest absolute Gasteiger partial charge is 0.193 e. The van der Waals surface area contributed by atoms with Crippen molar-refractivity contribution < 1.29 is 14.2 Å². The fourth-order valence-corrected chi connectivity index (χ4v) is 3.95. The maximum Gasteiger partial charge on any atom is 0.193 e. The van der Waals surface area contributed by atoms with Crippen molar-refractivity contribution in [2.24, 2.45) is 4.99 Å². The van der Waals surface area contributed by atoms with E-state index in [1.54, 1.807) is 7.11 Å². The number of nitrogens with one attached hydrogen (secondary N) is 1. The molecular weight excluding hydrogens is 481 g/mol. The maximum absolute atomic E-state index is 6.13. The first-order valence-corrected chi connectivity index (χ1v) is 10.5. The number of halogens is 1. The summed E-state index contributed by atoms with van der Waals surface area (Å²) < 4.78 is 17.2. The molecule has 1 aromatic rings. The van der Waals surface area contributed by atoms with Gasteiger partial charge in [0, 0.05) is 40.4 Å². The fourth-order valence-electron chi connectivity index (χ4n) is 3.95. The zero-order valence-electron chi connectivity index (χ0n) is 17.8. The van der Waals surface area contributed by atoms with Gasteiger partial charge in [-0.2, -0.15) is 0 Å². The van der Waals surface area contributed by atoms with Crippen LogP contribution in [0.1, 0.15) is 43.2 Å². The van der Waals surface area contributed by atoms with Crippen molar-refractivity contribution in [3.05, 3.63) is 35.4 Å². The molecule has 1 unspecified atom stereocenters. The number of rotatable bonds is 7. The summed E-state index contributed by atoms with van der Waals surface area (Å²) in [5.41, 5.74) is 2.46. The first-order chi connectivity index (χ1) is 13.8. The van der Waals surface area contributed by atoms with Crippen molar-refractivity contribution in [2.45, 2.75) is 57.5 Å². The van der Waals surface area contributed by atoms with Gasteiger partial charge in [0.15, 0.2) is 5.96 Å². The predicted molar refractivity (Wildman–Crippen MR) is 127 cm³/mol. The molecule has 0 aliphatic carbocycles. The van der Waals surface area contributed by atoms with E-state index in [0.717, 1.165) is 58.1 Å². The van der Waals surface area contributed by atoms with Crippen LogP contribution in [0.4, 0.5) is 0 Å². The van der Waals surface area contributed by atoms with Crippen LogP contribution in [0.5, 0.6) is 0 Å². The van der Waals surface area contributed by atoms with Crippen LogP contribution >= 0.6 is 24.0 Å². The molecule has 1 N–H and O–H groups in total. The normalized spacial score (nSPS) is 21.0. The van der Waals surface area contributed by atoms with E-state index in [1.807, 2.05) is 7.05 Å². The summed E-state index contributed by atoms with van der Waals surface area (Å²) >= 11 is 0. The third kappa shape index (κ3) is 7.70. The van der Waals surface area contributed by atoms with Crippen molar-refractivity contribution in [3.63, 3.8) is 0 Å². The minimum absolute atomic E-state index is 0. The molecule has 2 aliphatic rings. The summed E-state index contributed by atoms with van der Waals surface area (Å²) in [6, 6.07) is 8.37. The zero-order valence-corrected chi connectivity index (χ0v) is 20.1. The number of guanidine groups is 1. The third-order valence-corrected chi connectivity index (χ3v) is 5.60. The molecule has 1 atom stereocenters. The number of hydrogen-bond acceptors (Lipinski definition) is 4. The summed E-state index contributed by atoms with van der Waals surface area (Å²) in [5.74, 6) is 0.960. The van der Waals surface area contributed by atoms with Crippen LogP contribution in [0.15, 0.2) is 29.3 Å². The average Bonchev–Trinajstić information content (AvgIpc) is 2.75. The Kier molecular flexibility index (Phi) is 11.3. The van der Waals surface area contributed by atoms with Crippen LogP contribution in [-0.4, -0.2) is 63.5 Å². The Balaban J connectivity index is 0.00000300. The molecule has 6 nitrogen and oxygen atoms in total. The van der Waals surface area contributed by atoms with Gasteiger partial charge in [0.2, 0.25) is 0 Å². The van der Waals surface area contributed by atoms with Gasteiger partial charge in [0.1, 0.15) is 0 Å². The third-order valence-electron chi connectivity index (χ3n) is 5.60. The maximum atomic E-state index is 6.13. The van der Waals surface area contributed by atoms with E-state index < -0.39 is 0 Å². The summed E-state index contributed by atoms with van der Waals surface area (Å²) in [6.07, 6.45) is 6.30. The van der Waals surface area contributed by atoms with Gasteiger partial charge in [-0.25, -0.2) is 0 Å². The van der Waals surface area contributed by atoms with Gasteiger partial charge in [-0.1, -0.05) is 24.3 Å². The Bertz CT molecular complexity index is 615. The molecule has 164 valence electrons. The van der Waals surface area contributed by atoms with Crippen molar-refractivity contribution in [3.8, 4) is 0 Å². The van der Waals surface area contributed by atoms with E-state index in [0.29, 0.717) is 18.8 Å².